The van der Waals surface area contributed by atoms with E-state index in [0.717, 1.165) is 27.4 Å². The Kier molecular flexibility index (Phi) is 4.27. The maximum absolute atomic E-state index is 6.07. The van der Waals surface area contributed by atoms with Gasteiger partial charge in [-0.05, 0) is 54.2 Å². The number of halogens is 1. The van der Waals surface area contributed by atoms with Crippen molar-refractivity contribution >= 4 is 34.4 Å². The summed E-state index contributed by atoms with van der Waals surface area (Å²) >= 11 is 7.49. The molecule has 28 heavy (non-hydrogen) atoms. The Morgan fingerprint density at radius 2 is 1.82 bits per heavy atom. The van der Waals surface area contributed by atoms with Crippen LogP contribution < -0.4 is 0 Å². The minimum absolute atomic E-state index is 0.643. The summed E-state index contributed by atoms with van der Waals surface area (Å²) in [5, 5.41) is 11.9. The van der Waals surface area contributed by atoms with E-state index >= 15 is 0 Å². The van der Waals surface area contributed by atoms with Gasteiger partial charge in [0.05, 0.1) is 5.39 Å². The second-order valence-corrected chi connectivity index (χ2v) is 7.25. The molecular formula is C19H12ClN7S. The number of hydrogen-bond acceptors (Lipinski definition) is 6. The summed E-state index contributed by atoms with van der Waals surface area (Å²) in [4.78, 5) is 16.2. The summed E-state index contributed by atoms with van der Waals surface area (Å²) in [6.07, 6.45) is 5.10. The van der Waals surface area contributed by atoms with Gasteiger partial charge < -0.3 is 4.98 Å². The third-order valence-electron chi connectivity index (χ3n) is 4.12. The van der Waals surface area contributed by atoms with Crippen LogP contribution in [0.25, 0.3) is 28.2 Å². The number of nitrogens with zero attached hydrogens (tertiary/aromatic N) is 6. The van der Waals surface area contributed by atoms with Crippen LogP contribution in [0.4, 0.5) is 0 Å². The van der Waals surface area contributed by atoms with Gasteiger partial charge in [-0.25, -0.2) is 9.97 Å². The quantitative estimate of drug-likeness (QED) is 0.446. The zero-order chi connectivity index (χ0) is 18.9. The second-order valence-electron chi connectivity index (χ2n) is 5.85. The number of aromatic amines is 1. The van der Waals surface area contributed by atoms with Crippen LogP contribution >= 0.6 is 23.4 Å². The van der Waals surface area contributed by atoms with E-state index in [4.69, 9.17) is 11.6 Å². The normalized spacial score (nSPS) is 11.2. The standard InChI is InChI=1S/C19H12ClN7S/c20-12-4-6-13(7-5-12)27-17(15-3-1-2-9-21-15)25-26-19(27)28-18-14-8-10-22-16(14)23-11-24-18/h1-11H,(H,22,23,24). The molecule has 0 saturated carbocycles. The number of H-pyrrole nitrogens is 1. The molecular weight excluding hydrogens is 394 g/mol. The molecule has 0 unspecified atom stereocenters. The lowest BCUT2D eigenvalue weighted by molar-refractivity contribution is 0.882. The van der Waals surface area contributed by atoms with Crippen LogP contribution in [0.2, 0.25) is 5.02 Å². The molecule has 0 saturated heterocycles. The van der Waals surface area contributed by atoms with E-state index in [1.54, 1.807) is 6.20 Å². The summed E-state index contributed by atoms with van der Waals surface area (Å²) in [7, 11) is 0. The maximum atomic E-state index is 6.07. The number of hydrogen-bond donors (Lipinski definition) is 1. The van der Waals surface area contributed by atoms with Gasteiger partial charge in [0.25, 0.3) is 0 Å². The molecule has 1 N–H and O–H groups in total. The van der Waals surface area contributed by atoms with Gasteiger partial charge in [0, 0.05) is 23.1 Å². The lowest BCUT2D eigenvalue weighted by Gasteiger charge is -2.10. The van der Waals surface area contributed by atoms with E-state index in [-0.39, 0.29) is 0 Å². The summed E-state index contributed by atoms with van der Waals surface area (Å²) in [5.41, 5.74) is 2.39. The van der Waals surface area contributed by atoms with Crippen molar-refractivity contribution < 1.29 is 0 Å². The fourth-order valence-electron chi connectivity index (χ4n) is 2.84. The highest BCUT2D eigenvalue weighted by Crippen LogP contribution is 2.33. The zero-order valence-electron chi connectivity index (χ0n) is 14.3. The average Bonchev–Trinajstić information content (AvgIpc) is 3.37. The molecule has 136 valence electrons. The summed E-state index contributed by atoms with van der Waals surface area (Å²) in [5.74, 6) is 0.643. The molecule has 1 aromatic carbocycles. The third-order valence-corrected chi connectivity index (χ3v) is 5.33. The van der Waals surface area contributed by atoms with Gasteiger partial charge in [0.15, 0.2) is 5.82 Å². The van der Waals surface area contributed by atoms with Crippen LogP contribution in [0.3, 0.4) is 0 Å². The van der Waals surface area contributed by atoms with Gasteiger partial charge in [0.1, 0.15) is 22.7 Å². The van der Waals surface area contributed by atoms with Gasteiger partial charge in [-0.2, -0.15) is 0 Å². The first-order valence-electron chi connectivity index (χ1n) is 8.38. The summed E-state index contributed by atoms with van der Waals surface area (Å²) < 4.78 is 1.95. The lowest BCUT2D eigenvalue weighted by atomic mass is 10.3. The number of aromatic nitrogens is 7. The van der Waals surface area contributed by atoms with Crippen molar-refractivity contribution in [3.05, 3.63) is 72.3 Å². The van der Waals surface area contributed by atoms with Crippen molar-refractivity contribution in [2.75, 3.05) is 0 Å². The average molecular weight is 406 g/mol. The Hall–Kier alpha value is -3.23. The van der Waals surface area contributed by atoms with Crippen molar-refractivity contribution in [1.82, 2.24) is 34.7 Å². The Labute approximate surface area is 168 Å². The molecule has 5 rings (SSSR count). The molecule has 5 aromatic rings. The highest BCUT2D eigenvalue weighted by atomic mass is 35.5. The number of benzene rings is 1. The third kappa shape index (κ3) is 3.02. The monoisotopic (exact) mass is 405 g/mol. The first-order valence-corrected chi connectivity index (χ1v) is 9.58. The smallest absolute Gasteiger partial charge is 0.202 e. The number of rotatable bonds is 4. The van der Waals surface area contributed by atoms with E-state index in [1.165, 1.54) is 18.1 Å². The van der Waals surface area contributed by atoms with Crippen molar-refractivity contribution in [3.8, 4) is 17.2 Å². The second kappa shape index (κ2) is 7.06. The zero-order valence-corrected chi connectivity index (χ0v) is 15.9. The molecule has 0 atom stereocenters. The lowest BCUT2D eigenvalue weighted by Crippen LogP contribution is -2.00. The first kappa shape index (κ1) is 16.9. The Bertz CT molecular complexity index is 1250. The molecule has 0 amide bonds. The van der Waals surface area contributed by atoms with Crippen LogP contribution in [0.5, 0.6) is 0 Å². The van der Waals surface area contributed by atoms with E-state index in [0.29, 0.717) is 16.0 Å². The Morgan fingerprint density at radius 3 is 2.64 bits per heavy atom. The largest absolute Gasteiger partial charge is 0.346 e. The minimum Gasteiger partial charge on any atom is -0.346 e. The Balaban J connectivity index is 1.67. The molecule has 7 nitrogen and oxygen atoms in total. The van der Waals surface area contributed by atoms with Gasteiger partial charge in [-0.3, -0.25) is 9.55 Å². The van der Waals surface area contributed by atoms with Gasteiger partial charge >= 0.3 is 0 Å². The topological polar surface area (TPSA) is 85.2 Å². The molecule has 0 radical (unpaired) electrons. The van der Waals surface area contributed by atoms with Crippen molar-refractivity contribution in [2.45, 2.75) is 10.2 Å². The summed E-state index contributed by atoms with van der Waals surface area (Å²) in [6.45, 7) is 0. The first-order chi connectivity index (χ1) is 13.8. The van der Waals surface area contributed by atoms with Gasteiger partial charge in [-0.15, -0.1) is 10.2 Å². The predicted octanol–water partition coefficient (Wildman–Crippen LogP) is 4.41. The fraction of sp³-hybridized carbons (Fsp3) is 0. The van der Waals surface area contributed by atoms with E-state index in [1.807, 2.05) is 59.3 Å². The molecule has 0 spiro atoms. The number of pyridine rings is 1. The maximum Gasteiger partial charge on any atom is 0.202 e. The van der Waals surface area contributed by atoms with Crippen LogP contribution in [0.15, 0.2) is 77.4 Å². The highest BCUT2D eigenvalue weighted by Gasteiger charge is 2.19. The van der Waals surface area contributed by atoms with Crippen LogP contribution in [0, 0.1) is 0 Å². The fourth-order valence-corrected chi connectivity index (χ4v) is 3.87. The SMILES string of the molecule is Clc1ccc(-n2c(Sc3ncnc4[nH]ccc34)nnc2-c2ccccn2)cc1. The molecule has 0 bridgehead atoms. The number of nitrogens with one attached hydrogen (secondary N) is 1. The molecule has 4 heterocycles. The van der Waals surface area contributed by atoms with Crippen molar-refractivity contribution in [1.29, 1.82) is 0 Å². The molecule has 0 aliphatic carbocycles. The van der Waals surface area contributed by atoms with E-state index < -0.39 is 0 Å². The van der Waals surface area contributed by atoms with Gasteiger partial charge in [0.2, 0.25) is 5.16 Å². The van der Waals surface area contributed by atoms with Crippen LogP contribution in [-0.2, 0) is 0 Å². The Morgan fingerprint density at radius 1 is 0.929 bits per heavy atom. The highest BCUT2D eigenvalue weighted by molar-refractivity contribution is 7.99. The van der Waals surface area contributed by atoms with Crippen molar-refractivity contribution in [2.24, 2.45) is 0 Å². The molecule has 9 heteroatoms. The summed E-state index contributed by atoms with van der Waals surface area (Å²) in [6, 6.07) is 15.2. The van der Waals surface area contributed by atoms with Crippen molar-refractivity contribution in [3.63, 3.8) is 0 Å². The molecule has 0 aliphatic rings. The molecule has 0 aliphatic heterocycles. The van der Waals surface area contributed by atoms with E-state index in [2.05, 4.69) is 30.1 Å². The van der Waals surface area contributed by atoms with Crippen LogP contribution in [0.1, 0.15) is 0 Å². The van der Waals surface area contributed by atoms with Gasteiger partial charge in [-0.1, -0.05) is 17.7 Å². The van der Waals surface area contributed by atoms with Crippen LogP contribution in [-0.4, -0.2) is 34.7 Å². The molecule has 0 fully saturated rings. The van der Waals surface area contributed by atoms with E-state index in [9.17, 15) is 0 Å². The number of fused-ring (bicyclic) bond motifs is 1. The minimum atomic E-state index is 0.643. The predicted molar refractivity (Wildman–Crippen MR) is 108 cm³/mol. The molecule has 4 aromatic heterocycles.